The molecular weight excluding hydrogens is 474 g/mol. The third kappa shape index (κ3) is 5.25. The Morgan fingerprint density at radius 3 is 2.49 bits per heavy atom. The molecule has 0 aliphatic heterocycles. The van der Waals surface area contributed by atoms with Crippen LogP contribution >= 0.6 is 0 Å². The molecule has 0 spiro atoms. The van der Waals surface area contributed by atoms with Gasteiger partial charge in [0.05, 0.1) is 17.2 Å². The summed E-state index contributed by atoms with van der Waals surface area (Å²) in [6, 6.07) is 12.8. The van der Waals surface area contributed by atoms with Crippen molar-refractivity contribution < 1.29 is 0 Å². The second kappa shape index (κ2) is 10.4. The van der Waals surface area contributed by atoms with Crippen LogP contribution in [-0.2, 0) is 0 Å². The van der Waals surface area contributed by atoms with Gasteiger partial charge in [-0.2, -0.15) is 25.0 Å². The highest BCUT2D eigenvalue weighted by Crippen LogP contribution is 2.29. The first-order chi connectivity index (χ1) is 17.8. The summed E-state index contributed by atoms with van der Waals surface area (Å²) in [7, 11) is 5.45. The van der Waals surface area contributed by atoms with Crippen LogP contribution in [-0.4, -0.2) is 55.8 Å². The number of nitriles is 1. The van der Waals surface area contributed by atoms with E-state index < -0.39 is 0 Å². The molecule has 0 radical (unpaired) electrons. The maximum absolute atomic E-state index is 11.3. The van der Waals surface area contributed by atoms with Crippen LogP contribution in [0.25, 0.3) is 16.9 Å². The van der Waals surface area contributed by atoms with Gasteiger partial charge in [0, 0.05) is 33.0 Å². The number of aromatic nitrogens is 7. The van der Waals surface area contributed by atoms with E-state index in [2.05, 4.69) is 40.7 Å². The predicted molar refractivity (Wildman–Crippen MR) is 143 cm³/mol. The molecule has 5 rings (SSSR count). The standard InChI is InChI=1S/C14H18N8O.C9H7N5/c1-16-11-10(15)12(21-13(20-11)22(2)3)17-7-4-5-8-9(6-7)19-14(23)18-8;10-5-7-6-13-14(9(7)11)8-3-1-2-4-12-8/h4-6H,15H2,1-3H3,(H2,18,19,23)(H2,16,17,20,21);1-4,6H,11H2. The zero-order chi connectivity index (χ0) is 26.5. The van der Waals surface area contributed by atoms with E-state index >= 15 is 0 Å². The minimum atomic E-state index is -0.244. The van der Waals surface area contributed by atoms with Crippen molar-refractivity contribution in [2.45, 2.75) is 0 Å². The van der Waals surface area contributed by atoms with Gasteiger partial charge in [-0.1, -0.05) is 6.07 Å². The fourth-order valence-corrected chi connectivity index (χ4v) is 3.30. The number of nitrogen functional groups attached to an aromatic ring is 2. The highest BCUT2D eigenvalue weighted by Gasteiger charge is 2.13. The van der Waals surface area contributed by atoms with Gasteiger partial charge in [0.2, 0.25) is 5.95 Å². The largest absolute Gasteiger partial charge is 0.393 e. The molecular formula is C23H25N13O. The first-order valence-electron chi connectivity index (χ1n) is 11.0. The van der Waals surface area contributed by atoms with Crippen molar-refractivity contribution in [2.75, 3.05) is 48.1 Å². The fourth-order valence-electron chi connectivity index (χ4n) is 3.30. The van der Waals surface area contributed by atoms with E-state index in [0.717, 1.165) is 11.2 Å². The number of fused-ring (bicyclic) bond motifs is 1. The van der Waals surface area contributed by atoms with Crippen molar-refractivity contribution in [1.82, 2.24) is 34.7 Å². The number of aromatic amines is 2. The summed E-state index contributed by atoms with van der Waals surface area (Å²) in [5.74, 6) is 2.48. The Morgan fingerprint density at radius 2 is 1.84 bits per heavy atom. The lowest BCUT2D eigenvalue weighted by atomic mass is 10.2. The van der Waals surface area contributed by atoms with E-state index in [4.69, 9.17) is 16.7 Å². The van der Waals surface area contributed by atoms with Gasteiger partial charge in [0.25, 0.3) is 0 Å². The highest BCUT2D eigenvalue weighted by molar-refractivity contribution is 5.83. The summed E-state index contributed by atoms with van der Waals surface area (Å²) in [4.78, 5) is 31.4. The molecule has 0 aliphatic carbocycles. The van der Waals surface area contributed by atoms with Crippen LogP contribution in [0.3, 0.4) is 0 Å². The number of rotatable bonds is 5. The van der Waals surface area contributed by atoms with Crippen molar-refractivity contribution in [3.8, 4) is 11.9 Å². The number of nitrogens with one attached hydrogen (secondary N) is 4. The molecule has 4 heterocycles. The normalized spacial score (nSPS) is 10.3. The minimum Gasteiger partial charge on any atom is -0.393 e. The molecule has 188 valence electrons. The SMILES string of the molecule is CNc1nc(N(C)C)nc(Nc2ccc3[nH]c(=O)[nH]c3c2)c1N.N#Cc1cnn(-c2ccccn2)c1N. The van der Waals surface area contributed by atoms with Crippen LogP contribution in [0.4, 0.5) is 34.8 Å². The number of nitrogens with two attached hydrogens (primary N) is 2. The summed E-state index contributed by atoms with van der Waals surface area (Å²) in [6.07, 6.45) is 3.06. The Bertz CT molecular complexity index is 1630. The van der Waals surface area contributed by atoms with Gasteiger partial charge in [-0.3, -0.25) is 0 Å². The molecule has 1 aromatic carbocycles. The topological polar surface area (TPSA) is 208 Å². The van der Waals surface area contributed by atoms with E-state index in [9.17, 15) is 4.79 Å². The molecule has 5 aromatic rings. The number of hydrogen-bond acceptors (Lipinski definition) is 11. The van der Waals surface area contributed by atoms with Gasteiger partial charge in [-0.05, 0) is 30.3 Å². The first kappa shape index (κ1) is 24.5. The molecule has 0 bridgehead atoms. The van der Waals surface area contributed by atoms with Gasteiger partial charge in [0.1, 0.15) is 23.1 Å². The van der Waals surface area contributed by atoms with Crippen molar-refractivity contribution in [3.63, 3.8) is 0 Å². The van der Waals surface area contributed by atoms with Crippen molar-refractivity contribution in [1.29, 1.82) is 5.26 Å². The van der Waals surface area contributed by atoms with Gasteiger partial charge < -0.3 is 37.0 Å². The molecule has 37 heavy (non-hydrogen) atoms. The van der Waals surface area contributed by atoms with E-state index in [0.29, 0.717) is 46.0 Å². The number of hydrogen-bond donors (Lipinski definition) is 6. The van der Waals surface area contributed by atoms with Crippen LogP contribution in [0.15, 0.2) is 53.6 Å². The summed E-state index contributed by atoms with van der Waals surface area (Å²) in [5, 5.41) is 18.8. The number of H-pyrrole nitrogens is 2. The molecule has 0 atom stereocenters. The molecule has 8 N–H and O–H groups in total. The predicted octanol–water partition coefficient (Wildman–Crippen LogP) is 1.80. The minimum absolute atomic E-state index is 0.244. The molecule has 0 aliphatic rings. The van der Waals surface area contributed by atoms with E-state index in [1.165, 1.54) is 10.9 Å². The average Bonchev–Trinajstić information content (AvgIpc) is 3.46. The zero-order valence-corrected chi connectivity index (χ0v) is 20.3. The lowest BCUT2D eigenvalue weighted by Crippen LogP contribution is -2.16. The van der Waals surface area contributed by atoms with E-state index in [1.807, 2.05) is 38.4 Å². The Balaban J connectivity index is 0.000000195. The Labute approximate surface area is 211 Å². The quantitative estimate of drug-likeness (QED) is 0.205. The van der Waals surface area contributed by atoms with E-state index in [-0.39, 0.29) is 5.69 Å². The van der Waals surface area contributed by atoms with Gasteiger partial charge in [-0.25, -0.2) is 9.78 Å². The van der Waals surface area contributed by atoms with Crippen molar-refractivity contribution in [2.24, 2.45) is 0 Å². The molecule has 0 saturated heterocycles. The van der Waals surface area contributed by atoms with Crippen LogP contribution in [0.2, 0.25) is 0 Å². The fraction of sp³-hybridized carbons (Fsp3) is 0.130. The maximum Gasteiger partial charge on any atom is 0.323 e. The Hall–Kier alpha value is -5.58. The summed E-state index contributed by atoms with van der Waals surface area (Å²) in [6.45, 7) is 0. The Kier molecular flexibility index (Phi) is 6.87. The second-order valence-corrected chi connectivity index (χ2v) is 7.90. The number of benzene rings is 1. The molecule has 14 heteroatoms. The third-order valence-electron chi connectivity index (χ3n) is 5.14. The van der Waals surface area contributed by atoms with Crippen LogP contribution < -0.4 is 32.7 Å². The van der Waals surface area contributed by atoms with Gasteiger partial charge >= 0.3 is 5.69 Å². The molecule has 0 unspecified atom stereocenters. The summed E-state index contributed by atoms with van der Waals surface area (Å²) in [5.41, 5.74) is 14.5. The molecule has 14 nitrogen and oxygen atoms in total. The number of imidazole rings is 1. The first-order valence-corrected chi connectivity index (χ1v) is 11.0. The van der Waals surface area contributed by atoms with E-state index in [1.54, 1.807) is 36.3 Å². The number of pyridine rings is 1. The molecule has 4 aromatic heterocycles. The number of anilines is 6. The van der Waals surface area contributed by atoms with Gasteiger partial charge in [-0.15, -0.1) is 0 Å². The zero-order valence-electron chi connectivity index (χ0n) is 20.3. The molecule has 0 saturated carbocycles. The average molecular weight is 500 g/mol. The lowest BCUT2D eigenvalue weighted by Gasteiger charge is -2.16. The summed E-state index contributed by atoms with van der Waals surface area (Å²) >= 11 is 0. The lowest BCUT2D eigenvalue weighted by molar-refractivity contribution is 0.857. The van der Waals surface area contributed by atoms with Crippen molar-refractivity contribution >= 4 is 45.8 Å². The van der Waals surface area contributed by atoms with Gasteiger partial charge in [0.15, 0.2) is 17.5 Å². The monoisotopic (exact) mass is 499 g/mol. The van der Waals surface area contributed by atoms with Crippen LogP contribution in [0, 0.1) is 11.3 Å². The Morgan fingerprint density at radius 1 is 1.08 bits per heavy atom. The molecule has 0 fully saturated rings. The number of nitrogens with zero attached hydrogens (tertiary/aromatic N) is 7. The third-order valence-corrected chi connectivity index (χ3v) is 5.14. The molecule has 0 amide bonds. The van der Waals surface area contributed by atoms with Crippen molar-refractivity contribution in [3.05, 3.63) is 64.8 Å². The summed E-state index contributed by atoms with van der Waals surface area (Å²) < 4.78 is 1.43. The second-order valence-electron chi connectivity index (χ2n) is 7.90. The maximum atomic E-state index is 11.3. The van der Waals surface area contributed by atoms with Crippen LogP contribution in [0.1, 0.15) is 5.56 Å². The smallest absolute Gasteiger partial charge is 0.323 e. The van der Waals surface area contributed by atoms with Crippen LogP contribution in [0.5, 0.6) is 0 Å². The highest BCUT2D eigenvalue weighted by atomic mass is 16.1.